The number of rotatable bonds is 3. The standard InChI is InChI=1S/C14H15F3N2O3/c1-7(10-3-2-6-22-10)18-13(20)14(21)19-9-5-4-8(15)11(16)12(9)17/h4-5,7,10H,2-3,6H2,1H3,(H,18,20)(H,19,21). The smallest absolute Gasteiger partial charge is 0.313 e. The summed E-state index contributed by atoms with van der Waals surface area (Å²) in [6, 6.07) is 1.10. The minimum Gasteiger partial charge on any atom is -0.376 e. The number of carbonyl (C=O) groups excluding carboxylic acids is 2. The van der Waals surface area contributed by atoms with E-state index in [0.717, 1.165) is 18.9 Å². The van der Waals surface area contributed by atoms with Crippen LogP contribution in [0.15, 0.2) is 12.1 Å². The maximum Gasteiger partial charge on any atom is 0.313 e. The number of ether oxygens (including phenoxy) is 1. The molecule has 8 heteroatoms. The molecule has 1 aliphatic rings. The Morgan fingerprint density at radius 2 is 1.95 bits per heavy atom. The lowest BCUT2D eigenvalue weighted by atomic mass is 10.1. The average Bonchev–Trinajstić information content (AvgIpc) is 3.02. The highest BCUT2D eigenvalue weighted by Crippen LogP contribution is 2.19. The molecule has 1 aliphatic heterocycles. The first-order chi connectivity index (χ1) is 10.4. The van der Waals surface area contributed by atoms with Gasteiger partial charge in [-0.2, -0.15) is 0 Å². The molecular weight excluding hydrogens is 301 g/mol. The van der Waals surface area contributed by atoms with Gasteiger partial charge in [0, 0.05) is 6.61 Å². The molecule has 2 rings (SSSR count). The van der Waals surface area contributed by atoms with Gasteiger partial charge in [-0.25, -0.2) is 13.2 Å². The van der Waals surface area contributed by atoms with Crippen molar-refractivity contribution < 1.29 is 27.5 Å². The average molecular weight is 316 g/mol. The van der Waals surface area contributed by atoms with Crippen molar-refractivity contribution in [1.29, 1.82) is 0 Å². The monoisotopic (exact) mass is 316 g/mol. The van der Waals surface area contributed by atoms with Crippen LogP contribution in [-0.2, 0) is 14.3 Å². The zero-order valence-corrected chi connectivity index (χ0v) is 11.8. The molecule has 0 bridgehead atoms. The SMILES string of the molecule is CC(NC(=O)C(=O)Nc1ccc(F)c(F)c1F)C1CCCO1. The van der Waals surface area contributed by atoms with Gasteiger partial charge in [0.05, 0.1) is 17.8 Å². The lowest BCUT2D eigenvalue weighted by Crippen LogP contribution is -2.45. The van der Waals surface area contributed by atoms with E-state index in [-0.39, 0.29) is 6.10 Å². The Hall–Kier alpha value is -2.09. The summed E-state index contributed by atoms with van der Waals surface area (Å²) in [4.78, 5) is 23.4. The number of halogens is 3. The van der Waals surface area contributed by atoms with Crippen LogP contribution in [-0.4, -0.2) is 30.6 Å². The van der Waals surface area contributed by atoms with Crippen LogP contribution in [0, 0.1) is 17.5 Å². The minimum atomic E-state index is -1.72. The van der Waals surface area contributed by atoms with Crippen LogP contribution >= 0.6 is 0 Å². The molecule has 0 radical (unpaired) electrons. The van der Waals surface area contributed by atoms with E-state index >= 15 is 0 Å². The third-order valence-electron chi connectivity index (χ3n) is 3.37. The van der Waals surface area contributed by atoms with Gasteiger partial charge in [0.1, 0.15) is 0 Å². The van der Waals surface area contributed by atoms with E-state index in [2.05, 4.69) is 5.32 Å². The Labute approximate surface area is 124 Å². The van der Waals surface area contributed by atoms with Crippen molar-refractivity contribution in [2.75, 3.05) is 11.9 Å². The summed E-state index contributed by atoms with van der Waals surface area (Å²) >= 11 is 0. The molecule has 1 saturated heterocycles. The summed E-state index contributed by atoms with van der Waals surface area (Å²) in [5, 5.41) is 4.32. The van der Waals surface area contributed by atoms with E-state index in [1.807, 2.05) is 5.32 Å². The normalized spacial score (nSPS) is 18.8. The first kappa shape index (κ1) is 16.3. The van der Waals surface area contributed by atoms with Crippen LogP contribution in [0.5, 0.6) is 0 Å². The van der Waals surface area contributed by atoms with Crippen LogP contribution in [0.1, 0.15) is 19.8 Å². The number of nitrogens with one attached hydrogen (secondary N) is 2. The topological polar surface area (TPSA) is 67.4 Å². The first-order valence-corrected chi connectivity index (χ1v) is 6.77. The Morgan fingerprint density at radius 1 is 1.23 bits per heavy atom. The van der Waals surface area contributed by atoms with Crippen LogP contribution < -0.4 is 10.6 Å². The summed E-state index contributed by atoms with van der Waals surface area (Å²) in [6.07, 6.45) is 1.45. The second kappa shape index (κ2) is 6.78. The second-order valence-corrected chi connectivity index (χ2v) is 4.99. The van der Waals surface area contributed by atoms with E-state index in [1.165, 1.54) is 0 Å². The third kappa shape index (κ3) is 3.56. The third-order valence-corrected chi connectivity index (χ3v) is 3.37. The predicted molar refractivity (Wildman–Crippen MR) is 71.5 cm³/mol. The molecule has 22 heavy (non-hydrogen) atoms. The molecule has 0 saturated carbocycles. The highest BCUT2D eigenvalue weighted by Gasteiger charge is 2.26. The molecule has 1 aromatic carbocycles. The van der Waals surface area contributed by atoms with Gasteiger partial charge in [-0.05, 0) is 31.9 Å². The Kier molecular flexibility index (Phi) is 5.02. The fourth-order valence-corrected chi connectivity index (χ4v) is 2.16. The van der Waals surface area contributed by atoms with Crippen molar-refractivity contribution >= 4 is 17.5 Å². The zero-order chi connectivity index (χ0) is 16.3. The van der Waals surface area contributed by atoms with Gasteiger partial charge in [-0.1, -0.05) is 0 Å². The lowest BCUT2D eigenvalue weighted by Gasteiger charge is -2.19. The van der Waals surface area contributed by atoms with E-state index in [4.69, 9.17) is 4.74 Å². The molecule has 0 spiro atoms. The van der Waals surface area contributed by atoms with Crippen molar-refractivity contribution in [1.82, 2.24) is 5.32 Å². The number of hydrogen-bond donors (Lipinski definition) is 2. The van der Waals surface area contributed by atoms with Crippen molar-refractivity contribution in [2.45, 2.75) is 31.9 Å². The second-order valence-electron chi connectivity index (χ2n) is 4.99. The minimum absolute atomic E-state index is 0.184. The quantitative estimate of drug-likeness (QED) is 0.659. The predicted octanol–water partition coefficient (Wildman–Crippen LogP) is 1.73. The molecule has 120 valence electrons. The Morgan fingerprint density at radius 3 is 2.59 bits per heavy atom. The fraction of sp³-hybridized carbons (Fsp3) is 0.429. The maximum atomic E-state index is 13.4. The Balaban J connectivity index is 1.96. The molecule has 2 N–H and O–H groups in total. The molecular formula is C14H15F3N2O3. The molecule has 2 amide bonds. The number of carbonyl (C=O) groups is 2. The summed E-state index contributed by atoms with van der Waals surface area (Å²) in [5.74, 6) is -6.84. The largest absolute Gasteiger partial charge is 0.376 e. The summed E-state index contributed by atoms with van der Waals surface area (Å²) in [6.45, 7) is 2.27. The highest BCUT2D eigenvalue weighted by atomic mass is 19.2. The zero-order valence-electron chi connectivity index (χ0n) is 11.8. The van der Waals surface area contributed by atoms with E-state index in [9.17, 15) is 22.8 Å². The molecule has 2 unspecified atom stereocenters. The van der Waals surface area contributed by atoms with Crippen molar-refractivity contribution in [2.24, 2.45) is 0 Å². The van der Waals surface area contributed by atoms with Gasteiger partial charge in [-0.3, -0.25) is 9.59 Å². The van der Waals surface area contributed by atoms with Gasteiger partial charge >= 0.3 is 11.8 Å². The molecule has 1 aromatic rings. The van der Waals surface area contributed by atoms with E-state index in [1.54, 1.807) is 6.92 Å². The maximum absolute atomic E-state index is 13.4. The highest BCUT2D eigenvalue weighted by molar-refractivity contribution is 6.39. The molecule has 5 nitrogen and oxygen atoms in total. The molecule has 0 aliphatic carbocycles. The van der Waals surface area contributed by atoms with Crippen LogP contribution in [0.3, 0.4) is 0 Å². The van der Waals surface area contributed by atoms with Crippen molar-refractivity contribution in [3.05, 3.63) is 29.6 Å². The molecule has 1 fully saturated rings. The summed E-state index contributed by atoms with van der Waals surface area (Å²) < 4.78 is 44.6. The van der Waals surface area contributed by atoms with Gasteiger partial charge in [0.25, 0.3) is 0 Å². The van der Waals surface area contributed by atoms with Crippen molar-refractivity contribution in [3.8, 4) is 0 Å². The van der Waals surface area contributed by atoms with E-state index in [0.29, 0.717) is 12.7 Å². The summed E-state index contributed by atoms with van der Waals surface area (Å²) in [5.41, 5.74) is -0.608. The number of hydrogen-bond acceptors (Lipinski definition) is 3. The Bertz CT molecular complexity index is 589. The molecule has 1 heterocycles. The lowest BCUT2D eigenvalue weighted by molar-refractivity contribution is -0.137. The number of benzene rings is 1. The van der Waals surface area contributed by atoms with Crippen LogP contribution in [0.2, 0.25) is 0 Å². The van der Waals surface area contributed by atoms with Gasteiger partial charge in [0.2, 0.25) is 0 Å². The molecule has 0 aromatic heterocycles. The van der Waals surface area contributed by atoms with Crippen LogP contribution in [0.25, 0.3) is 0 Å². The van der Waals surface area contributed by atoms with E-state index < -0.39 is 41.0 Å². The number of anilines is 1. The first-order valence-electron chi connectivity index (χ1n) is 6.77. The van der Waals surface area contributed by atoms with Crippen molar-refractivity contribution in [3.63, 3.8) is 0 Å². The number of amides is 2. The van der Waals surface area contributed by atoms with Gasteiger partial charge in [0.15, 0.2) is 17.5 Å². The van der Waals surface area contributed by atoms with Gasteiger partial charge < -0.3 is 15.4 Å². The van der Waals surface area contributed by atoms with Crippen LogP contribution in [0.4, 0.5) is 18.9 Å². The molecule has 2 atom stereocenters. The van der Waals surface area contributed by atoms with Gasteiger partial charge in [-0.15, -0.1) is 0 Å². The summed E-state index contributed by atoms with van der Waals surface area (Å²) in [7, 11) is 0. The fourth-order valence-electron chi connectivity index (χ4n) is 2.16.